The number of benzene rings is 1. The zero-order valence-corrected chi connectivity index (χ0v) is 12.5. The lowest BCUT2D eigenvalue weighted by Gasteiger charge is -2.09. The van der Waals surface area contributed by atoms with E-state index in [-0.39, 0.29) is 5.38 Å². The van der Waals surface area contributed by atoms with Gasteiger partial charge in [0, 0.05) is 7.05 Å². The minimum atomic E-state index is -0.162. The summed E-state index contributed by atoms with van der Waals surface area (Å²) in [6.07, 6.45) is 1.70. The molecule has 6 heteroatoms. The van der Waals surface area contributed by atoms with Crippen LogP contribution in [0.4, 0.5) is 0 Å². The Kier molecular flexibility index (Phi) is 3.22. The number of para-hydroxylation sites is 1. The maximum Gasteiger partial charge on any atom is 0.170 e. The normalized spacial score (nSPS) is 13.0. The van der Waals surface area contributed by atoms with Gasteiger partial charge in [0.2, 0.25) is 0 Å². The molecule has 0 amide bonds. The Labute approximate surface area is 122 Å². The van der Waals surface area contributed by atoms with E-state index in [0.29, 0.717) is 6.54 Å². The van der Waals surface area contributed by atoms with E-state index >= 15 is 0 Å². The third-order valence-corrected chi connectivity index (χ3v) is 3.50. The second-order valence-electron chi connectivity index (χ2n) is 4.95. The number of imidazole rings is 1. The van der Waals surface area contributed by atoms with Gasteiger partial charge in [-0.1, -0.05) is 12.1 Å². The zero-order valence-electron chi connectivity index (χ0n) is 11.7. The van der Waals surface area contributed by atoms with Crippen molar-refractivity contribution >= 4 is 22.6 Å². The molecular formula is C14H16ClN5. The molecule has 0 saturated heterocycles. The maximum atomic E-state index is 6.27. The first-order valence-corrected chi connectivity index (χ1v) is 6.94. The third-order valence-electron chi connectivity index (χ3n) is 3.30. The minimum Gasteiger partial charge on any atom is -0.319 e. The third kappa shape index (κ3) is 2.18. The first kappa shape index (κ1) is 13.1. The number of halogens is 1. The smallest absolute Gasteiger partial charge is 0.170 e. The number of alkyl halides is 1. The fraction of sp³-hybridized carbons (Fsp3) is 0.357. The monoisotopic (exact) mass is 289 g/mol. The number of hydrogen-bond acceptors (Lipinski definition) is 3. The summed E-state index contributed by atoms with van der Waals surface area (Å²) >= 11 is 6.27. The summed E-state index contributed by atoms with van der Waals surface area (Å²) < 4.78 is 3.81. The molecule has 2 aromatic heterocycles. The van der Waals surface area contributed by atoms with E-state index in [0.717, 1.165) is 22.7 Å². The summed E-state index contributed by atoms with van der Waals surface area (Å²) in [7, 11) is 1.86. The van der Waals surface area contributed by atoms with Crippen LogP contribution in [0.3, 0.4) is 0 Å². The number of hydrogen-bond donors (Lipinski definition) is 0. The molecule has 0 bridgehead atoms. The lowest BCUT2D eigenvalue weighted by molar-refractivity contribution is 0.683. The Morgan fingerprint density at radius 3 is 2.80 bits per heavy atom. The quantitative estimate of drug-likeness (QED) is 0.697. The predicted octanol–water partition coefficient (Wildman–Crippen LogP) is 2.82. The molecule has 1 aromatic carbocycles. The first-order chi connectivity index (χ1) is 9.56. The second-order valence-corrected chi connectivity index (χ2v) is 5.60. The molecule has 2 heterocycles. The van der Waals surface area contributed by atoms with Gasteiger partial charge in [0.05, 0.1) is 23.0 Å². The molecule has 0 aliphatic rings. The van der Waals surface area contributed by atoms with Crippen LogP contribution < -0.4 is 0 Å². The van der Waals surface area contributed by atoms with E-state index in [4.69, 9.17) is 11.6 Å². The van der Waals surface area contributed by atoms with Crippen molar-refractivity contribution in [2.75, 3.05) is 0 Å². The number of rotatable bonds is 3. The van der Waals surface area contributed by atoms with Gasteiger partial charge in [-0.25, -0.2) is 9.97 Å². The molecule has 0 N–H and O–H groups in total. The summed E-state index contributed by atoms with van der Waals surface area (Å²) in [5.74, 6) is 1.61. The van der Waals surface area contributed by atoms with Gasteiger partial charge in [0.25, 0.3) is 0 Å². The van der Waals surface area contributed by atoms with Crippen molar-refractivity contribution in [1.29, 1.82) is 0 Å². The van der Waals surface area contributed by atoms with Gasteiger partial charge in [-0.15, -0.1) is 11.6 Å². The maximum absolute atomic E-state index is 6.27. The molecule has 20 heavy (non-hydrogen) atoms. The Bertz CT molecular complexity index is 756. The zero-order chi connectivity index (χ0) is 14.3. The molecule has 0 fully saturated rings. The lowest BCUT2D eigenvalue weighted by Crippen LogP contribution is -2.08. The summed E-state index contributed by atoms with van der Waals surface area (Å²) in [4.78, 5) is 8.93. The van der Waals surface area contributed by atoms with Crippen LogP contribution >= 0.6 is 11.6 Å². The molecule has 0 spiro atoms. The van der Waals surface area contributed by atoms with E-state index < -0.39 is 0 Å². The second kappa shape index (κ2) is 4.90. The summed E-state index contributed by atoms with van der Waals surface area (Å²) in [6.45, 7) is 4.59. The van der Waals surface area contributed by atoms with Crippen LogP contribution in [0.1, 0.15) is 29.5 Å². The Morgan fingerprint density at radius 1 is 1.35 bits per heavy atom. The van der Waals surface area contributed by atoms with Crippen molar-refractivity contribution in [2.24, 2.45) is 7.05 Å². The fourth-order valence-corrected chi connectivity index (χ4v) is 2.61. The highest BCUT2D eigenvalue weighted by Crippen LogP contribution is 2.27. The van der Waals surface area contributed by atoms with Crippen LogP contribution in [0.15, 0.2) is 24.5 Å². The van der Waals surface area contributed by atoms with Gasteiger partial charge in [-0.3, -0.25) is 4.68 Å². The van der Waals surface area contributed by atoms with Crippen LogP contribution in [0.25, 0.3) is 11.0 Å². The largest absolute Gasteiger partial charge is 0.319 e. The van der Waals surface area contributed by atoms with Crippen LogP contribution in [0, 0.1) is 6.92 Å². The molecule has 0 saturated carbocycles. The van der Waals surface area contributed by atoms with Crippen molar-refractivity contribution < 1.29 is 0 Å². The standard InChI is InChI=1S/C14H16ClN5/c1-9-5-4-6-11-13(9)20(14(17-11)10(2)15)7-12-16-8-19(3)18-12/h4-6,8,10H,7H2,1-3H3. The van der Waals surface area contributed by atoms with Gasteiger partial charge in [0.1, 0.15) is 12.2 Å². The number of fused-ring (bicyclic) bond motifs is 1. The van der Waals surface area contributed by atoms with Gasteiger partial charge >= 0.3 is 0 Å². The molecule has 0 radical (unpaired) electrons. The van der Waals surface area contributed by atoms with Crippen molar-refractivity contribution in [2.45, 2.75) is 25.8 Å². The van der Waals surface area contributed by atoms with E-state index in [9.17, 15) is 0 Å². The average molecular weight is 290 g/mol. The van der Waals surface area contributed by atoms with Crippen LogP contribution in [-0.4, -0.2) is 24.3 Å². The Morgan fingerprint density at radius 2 is 2.15 bits per heavy atom. The van der Waals surface area contributed by atoms with E-state index in [2.05, 4.69) is 32.6 Å². The van der Waals surface area contributed by atoms with Crippen molar-refractivity contribution in [3.63, 3.8) is 0 Å². The molecular weight excluding hydrogens is 274 g/mol. The molecule has 3 rings (SSSR count). The SMILES string of the molecule is Cc1cccc2nc(C(C)Cl)n(Cc3ncn(C)n3)c12. The van der Waals surface area contributed by atoms with Gasteiger partial charge in [-0.05, 0) is 25.5 Å². The van der Waals surface area contributed by atoms with Crippen LogP contribution in [0.2, 0.25) is 0 Å². The van der Waals surface area contributed by atoms with Crippen molar-refractivity contribution in [3.8, 4) is 0 Å². The van der Waals surface area contributed by atoms with Gasteiger partial charge in [-0.2, -0.15) is 5.10 Å². The molecule has 1 unspecified atom stereocenters. The number of aromatic nitrogens is 5. The predicted molar refractivity (Wildman–Crippen MR) is 78.8 cm³/mol. The number of aryl methyl sites for hydroxylation is 2. The molecule has 3 aromatic rings. The molecule has 0 aliphatic heterocycles. The summed E-state index contributed by atoms with van der Waals surface area (Å²) in [6, 6.07) is 6.10. The fourth-order valence-electron chi connectivity index (χ4n) is 2.44. The molecule has 1 atom stereocenters. The van der Waals surface area contributed by atoms with E-state index in [1.54, 1.807) is 11.0 Å². The average Bonchev–Trinajstić information content (AvgIpc) is 2.95. The van der Waals surface area contributed by atoms with E-state index in [1.165, 1.54) is 5.56 Å². The highest BCUT2D eigenvalue weighted by atomic mass is 35.5. The molecule has 0 aliphatic carbocycles. The lowest BCUT2D eigenvalue weighted by atomic mass is 10.2. The highest BCUT2D eigenvalue weighted by Gasteiger charge is 2.17. The topological polar surface area (TPSA) is 48.5 Å². The number of nitrogens with zero attached hydrogens (tertiary/aromatic N) is 5. The molecule has 5 nitrogen and oxygen atoms in total. The van der Waals surface area contributed by atoms with Gasteiger partial charge in [0.15, 0.2) is 5.82 Å². The van der Waals surface area contributed by atoms with Crippen LogP contribution in [-0.2, 0) is 13.6 Å². The molecule has 104 valence electrons. The first-order valence-electron chi connectivity index (χ1n) is 6.50. The minimum absolute atomic E-state index is 0.162. The van der Waals surface area contributed by atoms with Gasteiger partial charge < -0.3 is 4.57 Å². The van der Waals surface area contributed by atoms with Crippen molar-refractivity contribution in [1.82, 2.24) is 24.3 Å². The highest BCUT2D eigenvalue weighted by molar-refractivity contribution is 6.20. The van der Waals surface area contributed by atoms with E-state index in [1.807, 2.05) is 26.1 Å². The van der Waals surface area contributed by atoms with Crippen LogP contribution in [0.5, 0.6) is 0 Å². The summed E-state index contributed by atoms with van der Waals surface area (Å²) in [5, 5.41) is 4.17. The summed E-state index contributed by atoms with van der Waals surface area (Å²) in [5.41, 5.74) is 3.24. The van der Waals surface area contributed by atoms with Crippen molar-refractivity contribution in [3.05, 3.63) is 41.7 Å². The Hall–Kier alpha value is -1.88. The Balaban J connectivity index is 2.18.